The molecular weight excluding hydrogens is 434 g/mol. The van der Waals surface area contributed by atoms with Gasteiger partial charge in [0.05, 0.1) is 23.6 Å². The molecule has 5 rings (SSSR count). The zero-order chi connectivity index (χ0) is 22.8. The predicted octanol–water partition coefficient (Wildman–Crippen LogP) is 4.26. The smallest absolute Gasteiger partial charge is 0.192 e. The minimum absolute atomic E-state index is 0.0533. The van der Waals surface area contributed by atoms with Gasteiger partial charge in [0, 0.05) is 36.1 Å². The normalized spacial score (nSPS) is 15.5. The molecule has 1 aliphatic heterocycles. The number of aromatic nitrogens is 4. The number of hydrogen-bond donors (Lipinski definition) is 0. The second-order valence-electron chi connectivity index (χ2n) is 8.73. The Morgan fingerprint density at radius 3 is 2.42 bits per heavy atom. The van der Waals surface area contributed by atoms with Gasteiger partial charge in [-0.15, -0.1) is 0 Å². The Hall–Kier alpha value is -3.10. The summed E-state index contributed by atoms with van der Waals surface area (Å²) in [6.07, 6.45) is 13.6. The van der Waals surface area contributed by atoms with E-state index in [-0.39, 0.29) is 5.03 Å². The average molecular weight is 462 g/mol. The Kier molecular flexibility index (Phi) is 5.95. The minimum Gasteiger partial charge on any atom is -0.299 e. The molecule has 0 unspecified atom stereocenters. The van der Waals surface area contributed by atoms with E-state index in [2.05, 4.69) is 38.2 Å². The molecule has 0 aliphatic carbocycles. The SMILES string of the molecule is CS(=O)(=O)c1ccc(-n2ncc3cc(-c4cncc(CN5CCCCCC5)c4)ccc32)cn1. The van der Waals surface area contributed by atoms with Gasteiger partial charge in [-0.2, -0.15) is 5.10 Å². The summed E-state index contributed by atoms with van der Waals surface area (Å²) in [6, 6.07) is 11.7. The molecule has 0 bridgehead atoms. The van der Waals surface area contributed by atoms with E-state index in [0.29, 0.717) is 5.69 Å². The van der Waals surface area contributed by atoms with E-state index in [0.717, 1.165) is 47.9 Å². The Labute approximate surface area is 194 Å². The van der Waals surface area contributed by atoms with E-state index in [1.807, 2.05) is 24.7 Å². The van der Waals surface area contributed by atoms with Crippen molar-refractivity contribution in [3.8, 4) is 16.8 Å². The van der Waals surface area contributed by atoms with Gasteiger partial charge >= 0.3 is 0 Å². The molecule has 4 heterocycles. The molecule has 0 spiro atoms. The number of pyridine rings is 2. The Morgan fingerprint density at radius 2 is 1.70 bits per heavy atom. The molecule has 0 amide bonds. The largest absolute Gasteiger partial charge is 0.299 e. The van der Waals surface area contributed by atoms with Crippen LogP contribution in [-0.4, -0.2) is 52.4 Å². The van der Waals surface area contributed by atoms with Crippen LogP contribution in [0, 0.1) is 0 Å². The number of likely N-dealkylation sites (tertiary alicyclic amines) is 1. The maximum absolute atomic E-state index is 11.7. The first kappa shape index (κ1) is 21.7. The summed E-state index contributed by atoms with van der Waals surface area (Å²) in [5.41, 5.74) is 5.07. The molecule has 170 valence electrons. The summed E-state index contributed by atoms with van der Waals surface area (Å²) in [6.45, 7) is 3.27. The monoisotopic (exact) mass is 461 g/mol. The number of fused-ring (bicyclic) bond motifs is 1. The average Bonchev–Trinajstić information content (AvgIpc) is 3.07. The number of rotatable bonds is 5. The first-order chi connectivity index (χ1) is 16.0. The van der Waals surface area contributed by atoms with Crippen LogP contribution in [0.25, 0.3) is 27.7 Å². The number of hydrogen-bond acceptors (Lipinski definition) is 6. The van der Waals surface area contributed by atoms with Crippen molar-refractivity contribution in [2.75, 3.05) is 19.3 Å². The van der Waals surface area contributed by atoms with Crippen molar-refractivity contribution in [1.82, 2.24) is 24.6 Å². The molecule has 0 N–H and O–H groups in total. The Bertz CT molecular complexity index is 1370. The Balaban J connectivity index is 1.40. The summed E-state index contributed by atoms with van der Waals surface area (Å²) in [4.78, 5) is 11.1. The van der Waals surface area contributed by atoms with Gasteiger partial charge in [0.2, 0.25) is 0 Å². The lowest BCUT2D eigenvalue weighted by Crippen LogP contribution is -2.24. The third kappa shape index (κ3) is 4.82. The molecule has 1 aliphatic rings. The highest BCUT2D eigenvalue weighted by Gasteiger charge is 2.13. The zero-order valence-corrected chi connectivity index (χ0v) is 19.5. The van der Waals surface area contributed by atoms with Gasteiger partial charge in [0.1, 0.15) is 0 Å². The van der Waals surface area contributed by atoms with Crippen LogP contribution in [0.4, 0.5) is 0 Å². The van der Waals surface area contributed by atoms with E-state index < -0.39 is 9.84 Å². The van der Waals surface area contributed by atoms with Gasteiger partial charge in [0.15, 0.2) is 14.9 Å². The minimum atomic E-state index is -3.33. The standard InChI is InChI=1S/C25H27N5O2S/c1-33(31,32)25-9-7-23(17-27-25)30-24-8-6-20(13-22(24)16-28-30)21-12-19(14-26-15-21)18-29-10-4-2-3-5-11-29/h6-9,12-17H,2-5,10-11,18H2,1H3. The van der Waals surface area contributed by atoms with Crippen molar-refractivity contribution in [2.45, 2.75) is 37.3 Å². The van der Waals surface area contributed by atoms with Crippen LogP contribution in [0.2, 0.25) is 0 Å². The van der Waals surface area contributed by atoms with Gasteiger partial charge in [-0.3, -0.25) is 9.88 Å². The molecule has 4 aromatic rings. The summed E-state index contributed by atoms with van der Waals surface area (Å²) in [7, 11) is -3.33. The molecule has 33 heavy (non-hydrogen) atoms. The molecule has 0 radical (unpaired) electrons. The quantitative estimate of drug-likeness (QED) is 0.442. The van der Waals surface area contributed by atoms with Crippen molar-refractivity contribution in [2.24, 2.45) is 0 Å². The molecule has 1 aromatic carbocycles. The van der Waals surface area contributed by atoms with Crippen LogP contribution in [0.3, 0.4) is 0 Å². The Morgan fingerprint density at radius 1 is 0.879 bits per heavy atom. The van der Waals surface area contributed by atoms with Crippen LogP contribution in [0.1, 0.15) is 31.2 Å². The molecule has 7 nitrogen and oxygen atoms in total. The fourth-order valence-corrected chi connectivity index (χ4v) is 4.98. The first-order valence-electron chi connectivity index (χ1n) is 11.3. The molecule has 0 atom stereocenters. The third-order valence-corrected chi connectivity index (χ3v) is 7.15. The molecule has 1 fully saturated rings. The maximum atomic E-state index is 11.7. The summed E-state index contributed by atoms with van der Waals surface area (Å²) < 4.78 is 25.1. The molecule has 0 saturated carbocycles. The van der Waals surface area contributed by atoms with Crippen LogP contribution in [-0.2, 0) is 16.4 Å². The highest BCUT2D eigenvalue weighted by atomic mass is 32.2. The third-order valence-electron chi connectivity index (χ3n) is 6.15. The maximum Gasteiger partial charge on any atom is 0.192 e. The highest BCUT2D eigenvalue weighted by molar-refractivity contribution is 7.90. The lowest BCUT2D eigenvalue weighted by Gasteiger charge is -2.19. The molecule has 1 saturated heterocycles. The van der Waals surface area contributed by atoms with E-state index in [4.69, 9.17) is 0 Å². The second kappa shape index (κ2) is 9.03. The van der Waals surface area contributed by atoms with Gasteiger partial charge in [0.25, 0.3) is 0 Å². The number of sulfone groups is 1. The van der Waals surface area contributed by atoms with Crippen molar-refractivity contribution in [3.05, 3.63) is 66.7 Å². The van der Waals surface area contributed by atoms with Gasteiger partial charge in [-0.1, -0.05) is 18.9 Å². The van der Waals surface area contributed by atoms with Gasteiger partial charge in [-0.25, -0.2) is 18.1 Å². The van der Waals surface area contributed by atoms with Gasteiger partial charge in [-0.05, 0) is 67.4 Å². The zero-order valence-electron chi connectivity index (χ0n) is 18.7. The van der Waals surface area contributed by atoms with Crippen LogP contribution in [0.15, 0.2) is 66.2 Å². The lowest BCUT2D eigenvalue weighted by molar-refractivity contribution is 0.277. The summed E-state index contributed by atoms with van der Waals surface area (Å²) in [5.74, 6) is 0. The highest BCUT2D eigenvalue weighted by Crippen LogP contribution is 2.26. The second-order valence-corrected chi connectivity index (χ2v) is 10.7. The van der Waals surface area contributed by atoms with Crippen molar-refractivity contribution in [1.29, 1.82) is 0 Å². The summed E-state index contributed by atoms with van der Waals surface area (Å²) in [5, 5.41) is 5.55. The summed E-state index contributed by atoms with van der Waals surface area (Å²) >= 11 is 0. The van der Waals surface area contributed by atoms with E-state index >= 15 is 0 Å². The van der Waals surface area contributed by atoms with Crippen LogP contribution < -0.4 is 0 Å². The fraction of sp³-hybridized carbons (Fsp3) is 0.320. The van der Waals surface area contributed by atoms with Gasteiger partial charge < -0.3 is 0 Å². The van der Waals surface area contributed by atoms with Crippen LogP contribution in [0.5, 0.6) is 0 Å². The molecular formula is C25H27N5O2S. The molecule has 8 heteroatoms. The molecule has 3 aromatic heterocycles. The number of nitrogens with zero attached hydrogens (tertiary/aromatic N) is 5. The number of benzene rings is 1. The van der Waals surface area contributed by atoms with Crippen LogP contribution >= 0.6 is 0 Å². The van der Waals surface area contributed by atoms with E-state index in [1.54, 1.807) is 10.7 Å². The van der Waals surface area contributed by atoms with Crippen molar-refractivity contribution in [3.63, 3.8) is 0 Å². The topological polar surface area (TPSA) is 81.0 Å². The van der Waals surface area contributed by atoms with Crippen molar-refractivity contribution >= 4 is 20.7 Å². The lowest BCUT2D eigenvalue weighted by atomic mass is 10.0. The predicted molar refractivity (Wildman–Crippen MR) is 129 cm³/mol. The fourth-order valence-electron chi connectivity index (χ4n) is 4.42. The van der Waals surface area contributed by atoms with E-state index in [1.165, 1.54) is 43.5 Å². The van der Waals surface area contributed by atoms with E-state index in [9.17, 15) is 8.42 Å². The van der Waals surface area contributed by atoms with Crippen molar-refractivity contribution < 1.29 is 8.42 Å². The first-order valence-corrected chi connectivity index (χ1v) is 13.2.